The highest BCUT2D eigenvalue weighted by Crippen LogP contribution is 2.25. The number of rotatable bonds is 6. The minimum Gasteiger partial charge on any atom is -0.398 e. The lowest BCUT2D eigenvalue weighted by atomic mass is 10.2. The molecule has 0 radical (unpaired) electrons. The van der Waals surface area contributed by atoms with Crippen LogP contribution in [-0.4, -0.2) is 24.7 Å². The highest BCUT2D eigenvalue weighted by molar-refractivity contribution is 7.89. The fourth-order valence-corrected chi connectivity index (χ4v) is 3.57. The molecule has 0 spiro atoms. The number of nitrogens with zero attached hydrogens (tertiary/aromatic N) is 2. The van der Waals surface area contributed by atoms with Gasteiger partial charge in [-0.25, -0.2) is 13.1 Å². The molecule has 0 aliphatic heterocycles. The number of halogens is 1. The van der Waals surface area contributed by atoms with Crippen LogP contribution in [0.3, 0.4) is 0 Å². The Morgan fingerprint density at radius 3 is 2.86 bits per heavy atom. The van der Waals surface area contributed by atoms with Gasteiger partial charge in [0.25, 0.3) is 0 Å². The summed E-state index contributed by atoms with van der Waals surface area (Å²) in [5, 5.41) is 4.35. The normalized spacial score (nSPS) is 11.7. The summed E-state index contributed by atoms with van der Waals surface area (Å²) in [6.45, 7) is 2.62. The van der Waals surface area contributed by atoms with E-state index in [4.69, 9.17) is 17.3 Å². The Labute approximate surface area is 129 Å². The number of hydrogen-bond donors (Lipinski definition) is 2. The zero-order chi connectivity index (χ0) is 15.5. The fourth-order valence-electron chi connectivity index (χ4n) is 1.91. The fraction of sp³-hybridized carbons (Fsp3) is 0.308. The van der Waals surface area contributed by atoms with E-state index in [9.17, 15) is 8.42 Å². The lowest BCUT2D eigenvalue weighted by Crippen LogP contribution is -2.26. The highest BCUT2D eigenvalue weighted by atomic mass is 35.5. The first-order valence-corrected chi connectivity index (χ1v) is 8.29. The molecule has 21 heavy (non-hydrogen) atoms. The van der Waals surface area contributed by atoms with Crippen LogP contribution < -0.4 is 10.5 Å². The lowest BCUT2D eigenvalue weighted by Gasteiger charge is -2.11. The van der Waals surface area contributed by atoms with Crippen LogP contribution in [0.2, 0.25) is 5.02 Å². The van der Waals surface area contributed by atoms with Crippen LogP contribution in [0.25, 0.3) is 0 Å². The van der Waals surface area contributed by atoms with Gasteiger partial charge >= 0.3 is 0 Å². The molecule has 0 aliphatic carbocycles. The Morgan fingerprint density at radius 2 is 2.19 bits per heavy atom. The van der Waals surface area contributed by atoms with Crippen molar-refractivity contribution in [2.45, 2.75) is 24.8 Å². The Morgan fingerprint density at radius 1 is 1.43 bits per heavy atom. The number of sulfonamides is 1. The highest BCUT2D eigenvalue weighted by Gasteiger charge is 2.18. The third kappa shape index (κ3) is 3.96. The summed E-state index contributed by atoms with van der Waals surface area (Å²) >= 11 is 5.87. The van der Waals surface area contributed by atoms with Crippen molar-refractivity contribution in [2.24, 2.45) is 0 Å². The Kier molecular flexibility index (Phi) is 4.87. The second-order valence-corrected chi connectivity index (χ2v) is 6.81. The first kappa shape index (κ1) is 15.8. The quantitative estimate of drug-likeness (QED) is 0.625. The van der Waals surface area contributed by atoms with Gasteiger partial charge in [-0.2, -0.15) is 5.10 Å². The van der Waals surface area contributed by atoms with Crippen molar-refractivity contribution in [3.63, 3.8) is 0 Å². The SMILES string of the molecule is Cc1c(N)cc(Cl)cc1S(=O)(=O)NCCCn1cccn1. The zero-order valence-corrected chi connectivity index (χ0v) is 13.2. The third-order valence-corrected chi connectivity index (χ3v) is 4.88. The molecule has 0 saturated heterocycles. The van der Waals surface area contributed by atoms with Crippen LogP contribution in [-0.2, 0) is 16.6 Å². The zero-order valence-electron chi connectivity index (χ0n) is 11.6. The molecule has 0 saturated carbocycles. The van der Waals surface area contributed by atoms with Gasteiger partial charge in [0.15, 0.2) is 0 Å². The van der Waals surface area contributed by atoms with Crippen LogP contribution in [0.4, 0.5) is 5.69 Å². The van der Waals surface area contributed by atoms with Crippen molar-refractivity contribution < 1.29 is 8.42 Å². The molecule has 0 aliphatic rings. The molecule has 114 valence electrons. The molecule has 0 bridgehead atoms. The standard InChI is InChI=1S/C13H17ClN4O2S/c1-10-12(15)8-11(14)9-13(10)21(19,20)17-5-3-7-18-6-2-4-16-18/h2,4,6,8-9,17H,3,5,7,15H2,1H3. The first-order valence-electron chi connectivity index (χ1n) is 6.43. The van der Waals surface area contributed by atoms with Gasteiger partial charge in [-0.1, -0.05) is 11.6 Å². The summed E-state index contributed by atoms with van der Waals surface area (Å²) in [7, 11) is -3.62. The summed E-state index contributed by atoms with van der Waals surface area (Å²) in [5.74, 6) is 0. The summed E-state index contributed by atoms with van der Waals surface area (Å²) in [4.78, 5) is 0.117. The monoisotopic (exact) mass is 328 g/mol. The summed E-state index contributed by atoms with van der Waals surface area (Å²) in [5.41, 5.74) is 6.61. The molecule has 1 aromatic carbocycles. The maximum Gasteiger partial charge on any atom is 0.240 e. The van der Waals surface area contributed by atoms with Crippen LogP contribution in [0, 0.1) is 6.92 Å². The van der Waals surface area contributed by atoms with Crippen LogP contribution in [0.1, 0.15) is 12.0 Å². The third-order valence-electron chi connectivity index (χ3n) is 3.07. The minimum atomic E-state index is -3.62. The molecule has 0 amide bonds. The largest absolute Gasteiger partial charge is 0.398 e. The number of aryl methyl sites for hydroxylation is 1. The van der Waals surface area contributed by atoms with E-state index in [0.29, 0.717) is 35.8 Å². The van der Waals surface area contributed by atoms with E-state index >= 15 is 0 Å². The molecular formula is C13H17ClN4O2S. The number of nitrogens with one attached hydrogen (secondary N) is 1. The number of anilines is 1. The average Bonchev–Trinajstić information content (AvgIpc) is 2.92. The Bertz CT molecular complexity index is 714. The average molecular weight is 329 g/mol. The van der Waals surface area contributed by atoms with Crippen molar-refractivity contribution in [3.05, 3.63) is 41.2 Å². The number of aromatic nitrogens is 2. The van der Waals surface area contributed by atoms with E-state index in [2.05, 4.69) is 9.82 Å². The van der Waals surface area contributed by atoms with Gasteiger partial charge < -0.3 is 5.73 Å². The first-order chi connectivity index (χ1) is 9.90. The lowest BCUT2D eigenvalue weighted by molar-refractivity contribution is 0.552. The van der Waals surface area contributed by atoms with Crippen molar-refractivity contribution in [1.29, 1.82) is 0 Å². The maximum absolute atomic E-state index is 12.3. The van der Waals surface area contributed by atoms with E-state index in [-0.39, 0.29) is 4.90 Å². The summed E-state index contributed by atoms with van der Waals surface area (Å²) < 4.78 is 28.8. The Hall–Kier alpha value is -1.57. The number of nitrogens with two attached hydrogens (primary N) is 1. The van der Waals surface area contributed by atoms with Crippen molar-refractivity contribution in [2.75, 3.05) is 12.3 Å². The molecule has 2 aromatic rings. The molecule has 1 heterocycles. The number of benzene rings is 1. The predicted octanol–water partition coefficient (Wildman–Crippen LogP) is 1.80. The molecule has 0 unspecified atom stereocenters. The predicted molar refractivity (Wildman–Crippen MR) is 82.6 cm³/mol. The van der Waals surface area contributed by atoms with Crippen LogP contribution in [0.5, 0.6) is 0 Å². The summed E-state index contributed by atoms with van der Waals surface area (Å²) in [6, 6.07) is 4.76. The van der Waals surface area contributed by atoms with E-state index in [1.54, 1.807) is 17.8 Å². The second-order valence-electron chi connectivity index (χ2n) is 4.64. The van der Waals surface area contributed by atoms with E-state index in [1.807, 2.05) is 12.3 Å². The smallest absolute Gasteiger partial charge is 0.240 e. The van der Waals surface area contributed by atoms with Gasteiger partial charge in [0.1, 0.15) is 0 Å². The van der Waals surface area contributed by atoms with E-state index in [0.717, 1.165) is 0 Å². The van der Waals surface area contributed by atoms with Crippen LogP contribution >= 0.6 is 11.6 Å². The molecule has 3 N–H and O–H groups in total. The second kappa shape index (κ2) is 6.46. The number of nitrogen functional groups attached to an aromatic ring is 1. The van der Waals surface area contributed by atoms with Gasteiger partial charge in [-0.05, 0) is 37.1 Å². The molecule has 8 heteroatoms. The van der Waals surface area contributed by atoms with Crippen molar-refractivity contribution in [1.82, 2.24) is 14.5 Å². The molecule has 0 fully saturated rings. The molecule has 6 nitrogen and oxygen atoms in total. The topological polar surface area (TPSA) is 90.0 Å². The molecular weight excluding hydrogens is 312 g/mol. The summed E-state index contributed by atoms with van der Waals surface area (Å²) in [6.07, 6.45) is 4.15. The maximum atomic E-state index is 12.3. The van der Waals surface area contributed by atoms with Gasteiger partial charge in [-0.15, -0.1) is 0 Å². The van der Waals surface area contributed by atoms with Crippen molar-refractivity contribution >= 4 is 27.3 Å². The molecule has 0 atom stereocenters. The van der Waals surface area contributed by atoms with Gasteiger partial charge in [0, 0.05) is 36.2 Å². The van der Waals surface area contributed by atoms with E-state index in [1.165, 1.54) is 12.1 Å². The van der Waals surface area contributed by atoms with Gasteiger partial charge in [0.2, 0.25) is 10.0 Å². The van der Waals surface area contributed by atoms with Crippen molar-refractivity contribution in [3.8, 4) is 0 Å². The van der Waals surface area contributed by atoms with Crippen LogP contribution in [0.15, 0.2) is 35.5 Å². The van der Waals surface area contributed by atoms with E-state index < -0.39 is 10.0 Å². The molecule has 2 rings (SSSR count). The minimum absolute atomic E-state index is 0.117. The Balaban J connectivity index is 2.02. The van der Waals surface area contributed by atoms with Gasteiger partial charge in [-0.3, -0.25) is 4.68 Å². The number of hydrogen-bond acceptors (Lipinski definition) is 4. The molecule has 1 aromatic heterocycles. The van der Waals surface area contributed by atoms with Gasteiger partial charge in [0.05, 0.1) is 4.90 Å².